The Morgan fingerprint density at radius 2 is 2.07 bits per heavy atom. The molecule has 0 aromatic carbocycles. The Balaban J connectivity index is 2.31. The maximum atomic E-state index is 11.5. The van der Waals surface area contributed by atoms with Crippen molar-refractivity contribution in [3.05, 3.63) is 0 Å². The SMILES string of the molecule is CC[C@H](N)C(=O)NC(C)C1CCCC1. The average Bonchev–Trinajstić information content (AvgIpc) is 2.69. The first-order chi connectivity index (χ1) is 6.65. The molecule has 0 spiro atoms. The van der Waals surface area contributed by atoms with Crippen LogP contribution in [0, 0.1) is 5.92 Å². The summed E-state index contributed by atoms with van der Waals surface area (Å²) >= 11 is 0. The number of amides is 1. The molecule has 14 heavy (non-hydrogen) atoms. The van der Waals surface area contributed by atoms with Crippen molar-refractivity contribution >= 4 is 5.91 Å². The molecule has 3 nitrogen and oxygen atoms in total. The molecule has 0 heterocycles. The molecule has 2 atom stereocenters. The summed E-state index contributed by atoms with van der Waals surface area (Å²) < 4.78 is 0. The van der Waals surface area contributed by atoms with Gasteiger partial charge in [-0.15, -0.1) is 0 Å². The summed E-state index contributed by atoms with van der Waals surface area (Å²) in [6.45, 7) is 4.03. The van der Waals surface area contributed by atoms with E-state index in [2.05, 4.69) is 12.2 Å². The Morgan fingerprint density at radius 3 is 2.57 bits per heavy atom. The molecular weight excluding hydrogens is 176 g/mol. The first-order valence-electron chi connectivity index (χ1n) is 5.71. The summed E-state index contributed by atoms with van der Waals surface area (Å²) in [6, 6.07) is -0.0403. The van der Waals surface area contributed by atoms with Gasteiger partial charge in [-0.1, -0.05) is 19.8 Å². The predicted molar refractivity (Wildman–Crippen MR) is 57.8 cm³/mol. The summed E-state index contributed by atoms with van der Waals surface area (Å²) in [4.78, 5) is 11.5. The van der Waals surface area contributed by atoms with Gasteiger partial charge in [-0.3, -0.25) is 4.79 Å². The van der Waals surface area contributed by atoms with Crippen LogP contribution in [0.1, 0.15) is 46.0 Å². The van der Waals surface area contributed by atoms with Gasteiger partial charge in [-0.25, -0.2) is 0 Å². The Labute approximate surface area is 86.4 Å². The molecule has 0 aliphatic heterocycles. The Morgan fingerprint density at radius 1 is 1.50 bits per heavy atom. The number of carbonyl (C=O) groups excluding carboxylic acids is 1. The van der Waals surface area contributed by atoms with Crippen LogP contribution in [-0.4, -0.2) is 18.0 Å². The van der Waals surface area contributed by atoms with Crippen LogP contribution in [0.5, 0.6) is 0 Å². The number of rotatable bonds is 4. The summed E-state index contributed by atoms with van der Waals surface area (Å²) in [5.41, 5.74) is 5.65. The normalized spacial score (nSPS) is 21.9. The number of carbonyl (C=O) groups is 1. The van der Waals surface area contributed by atoms with E-state index in [9.17, 15) is 4.79 Å². The zero-order chi connectivity index (χ0) is 10.6. The topological polar surface area (TPSA) is 55.1 Å². The number of nitrogens with two attached hydrogens (primary N) is 1. The van der Waals surface area contributed by atoms with Crippen molar-refractivity contribution < 1.29 is 4.79 Å². The molecule has 1 saturated carbocycles. The smallest absolute Gasteiger partial charge is 0.237 e. The lowest BCUT2D eigenvalue weighted by Crippen LogP contribution is -2.46. The zero-order valence-corrected chi connectivity index (χ0v) is 9.25. The largest absolute Gasteiger partial charge is 0.352 e. The minimum atomic E-state index is -0.334. The number of hydrogen-bond acceptors (Lipinski definition) is 2. The summed E-state index contributed by atoms with van der Waals surface area (Å²) in [5.74, 6) is 0.676. The molecule has 1 aliphatic rings. The van der Waals surface area contributed by atoms with Gasteiger partial charge in [0.1, 0.15) is 0 Å². The third-order valence-corrected chi connectivity index (χ3v) is 3.25. The van der Waals surface area contributed by atoms with Gasteiger partial charge in [0.15, 0.2) is 0 Å². The zero-order valence-electron chi connectivity index (χ0n) is 9.25. The van der Waals surface area contributed by atoms with E-state index < -0.39 is 0 Å². The second kappa shape index (κ2) is 5.35. The fourth-order valence-electron chi connectivity index (χ4n) is 2.09. The van der Waals surface area contributed by atoms with E-state index in [1.165, 1.54) is 25.7 Å². The van der Waals surface area contributed by atoms with Gasteiger partial charge >= 0.3 is 0 Å². The standard InChI is InChI=1S/C11H22N2O/c1-3-10(12)11(14)13-8(2)9-6-4-5-7-9/h8-10H,3-7,12H2,1-2H3,(H,13,14)/t8?,10-/m0/s1. The summed E-state index contributed by atoms with van der Waals surface area (Å²) in [7, 11) is 0. The van der Waals surface area contributed by atoms with E-state index in [0.717, 1.165) is 0 Å². The van der Waals surface area contributed by atoms with Crippen LogP contribution < -0.4 is 11.1 Å². The molecule has 0 radical (unpaired) electrons. The molecule has 1 fully saturated rings. The van der Waals surface area contributed by atoms with E-state index in [1.54, 1.807) is 0 Å². The lowest BCUT2D eigenvalue weighted by Gasteiger charge is -2.22. The highest BCUT2D eigenvalue weighted by molar-refractivity contribution is 5.81. The Bertz CT molecular complexity index is 188. The minimum absolute atomic E-state index is 0.00639. The molecule has 0 saturated heterocycles. The fourth-order valence-corrected chi connectivity index (χ4v) is 2.09. The number of nitrogens with one attached hydrogen (secondary N) is 1. The van der Waals surface area contributed by atoms with Gasteiger partial charge in [0.05, 0.1) is 6.04 Å². The minimum Gasteiger partial charge on any atom is -0.352 e. The summed E-state index contributed by atoms with van der Waals surface area (Å²) in [6.07, 6.45) is 5.84. The van der Waals surface area contributed by atoms with Crippen LogP contribution in [0.15, 0.2) is 0 Å². The first kappa shape index (κ1) is 11.5. The van der Waals surface area contributed by atoms with Gasteiger partial charge < -0.3 is 11.1 Å². The Hall–Kier alpha value is -0.570. The summed E-state index contributed by atoms with van der Waals surface area (Å²) in [5, 5.41) is 3.01. The highest BCUT2D eigenvalue weighted by Crippen LogP contribution is 2.27. The molecule has 3 N–H and O–H groups in total. The maximum Gasteiger partial charge on any atom is 0.237 e. The highest BCUT2D eigenvalue weighted by Gasteiger charge is 2.23. The van der Waals surface area contributed by atoms with E-state index in [-0.39, 0.29) is 11.9 Å². The van der Waals surface area contributed by atoms with Crippen LogP contribution in [-0.2, 0) is 4.79 Å². The van der Waals surface area contributed by atoms with Crippen LogP contribution in [0.2, 0.25) is 0 Å². The molecule has 0 aromatic heterocycles. The van der Waals surface area contributed by atoms with Crippen molar-refractivity contribution in [2.45, 2.75) is 58.0 Å². The molecule has 0 bridgehead atoms. The second-order valence-corrected chi connectivity index (χ2v) is 4.36. The lowest BCUT2D eigenvalue weighted by atomic mass is 9.99. The van der Waals surface area contributed by atoms with Crippen LogP contribution in [0.3, 0.4) is 0 Å². The van der Waals surface area contributed by atoms with Gasteiger partial charge in [0, 0.05) is 6.04 Å². The van der Waals surface area contributed by atoms with Crippen molar-refractivity contribution in [2.24, 2.45) is 11.7 Å². The highest BCUT2D eigenvalue weighted by atomic mass is 16.2. The molecule has 1 aliphatic carbocycles. The third kappa shape index (κ3) is 2.98. The van der Waals surface area contributed by atoms with E-state index in [4.69, 9.17) is 5.73 Å². The molecular formula is C11H22N2O. The first-order valence-corrected chi connectivity index (χ1v) is 5.71. The number of hydrogen-bond donors (Lipinski definition) is 2. The maximum absolute atomic E-state index is 11.5. The van der Waals surface area contributed by atoms with E-state index in [0.29, 0.717) is 18.4 Å². The lowest BCUT2D eigenvalue weighted by molar-refractivity contribution is -0.123. The van der Waals surface area contributed by atoms with Crippen molar-refractivity contribution in [1.29, 1.82) is 0 Å². The molecule has 1 amide bonds. The molecule has 0 aromatic rings. The monoisotopic (exact) mass is 198 g/mol. The average molecular weight is 198 g/mol. The van der Waals surface area contributed by atoms with Crippen LogP contribution >= 0.6 is 0 Å². The third-order valence-electron chi connectivity index (χ3n) is 3.25. The second-order valence-electron chi connectivity index (χ2n) is 4.36. The van der Waals surface area contributed by atoms with E-state index >= 15 is 0 Å². The molecule has 3 heteroatoms. The van der Waals surface area contributed by atoms with Gasteiger partial charge in [-0.2, -0.15) is 0 Å². The quantitative estimate of drug-likeness (QED) is 0.717. The van der Waals surface area contributed by atoms with Gasteiger partial charge in [-0.05, 0) is 32.1 Å². The van der Waals surface area contributed by atoms with E-state index in [1.807, 2.05) is 6.92 Å². The van der Waals surface area contributed by atoms with Crippen molar-refractivity contribution in [3.8, 4) is 0 Å². The molecule has 82 valence electrons. The van der Waals surface area contributed by atoms with Crippen molar-refractivity contribution in [1.82, 2.24) is 5.32 Å². The van der Waals surface area contributed by atoms with Crippen LogP contribution in [0.25, 0.3) is 0 Å². The fraction of sp³-hybridized carbons (Fsp3) is 0.909. The van der Waals surface area contributed by atoms with Gasteiger partial charge in [0.25, 0.3) is 0 Å². The van der Waals surface area contributed by atoms with Crippen LogP contribution in [0.4, 0.5) is 0 Å². The molecule has 1 unspecified atom stereocenters. The van der Waals surface area contributed by atoms with Crippen molar-refractivity contribution in [2.75, 3.05) is 0 Å². The molecule has 1 rings (SSSR count). The van der Waals surface area contributed by atoms with Crippen molar-refractivity contribution in [3.63, 3.8) is 0 Å². The van der Waals surface area contributed by atoms with Gasteiger partial charge in [0.2, 0.25) is 5.91 Å². The Kier molecular flexibility index (Phi) is 4.39. The predicted octanol–water partition coefficient (Wildman–Crippen LogP) is 1.42.